The molecule has 0 aliphatic carbocycles. The Balaban J connectivity index is 1.65. The highest BCUT2D eigenvalue weighted by Crippen LogP contribution is 2.43. The number of pyridine rings is 1. The number of aliphatic hydroxyl groups is 1. The van der Waals surface area contributed by atoms with Crippen LogP contribution in [-0.4, -0.2) is 42.4 Å². The second-order valence-corrected chi connectivity index (χ2v) is 15.4. The number of benzene rings is 1. The summed E-state index contributed by atoms with van der Waals surface area (Å²) in [6.07, 6.45) is 5.64. The summed E-state index contributed by atoms with van der Waals surface area (Å²) in [5.74, 6) is 2.08. The van der Waals surface area contributed by atoms with Crippen LogP contribution in [0.5, 0.6) is 5.75 Å². The van der Waals surface area contributed by atoms with Gasteiger partial charge in [0.05, 0.1) is 11.6 Å². The number of hydrogen-bond acceptors (Lipinski definition) is 4. The fourth-order valence-electron chi connectivity index (χ4n) is 4.83. The van der Waals surface area contributed by atoms with Crippen molar-refractivity contribution in [2.45, 2.75) is 63.9 Å². The summed E-state index contributed by atoms with van der Waals surface area (Å²) in [6, 6.07) is 8.28. The number of nitrogens with zero attached hydrogens (tertiary/aromatic N) is 2. The van der Waals surface area contributed by atoms with Crippen LogP contribution in [0.15, 0.2) is 43.1 Å². The molecule has 3 fully saturated rings. The fraction of sp³-hybridized carbons (Fsp3) is 0.560. The van der Waals surface area contributed by atoms with E-state index in [1.807, 2.05) is 24.4 Å². The minimum Gasteiger partial charge on any atom is -0.543 e. The van der Waals surface area contributed by atoms with E-state index in [1.54, 1.807) is 0 Å². The van der Waals surface area contributed by atoms with Gasteiger partial charge in [-0.2, -0.15) is 0 Å². The molecule has 5 atom stereocenters. The molecule has 3 unspecified atom stereocenters. The monoisotopic (exact) mass is 424 g/mol. The van der Waals surface area contributed by atoms with Crippen molar-refractivity contribution in [2.24, 2.45) is 11.8 Å². The van der Waals surface area contributed by atoms with Crippen molar-refractivity contribution in [3.8, 4) is 5.75 Å². The standard InChI is InChI=1S/C25H36N2O2Si/c1-7-17-16-27-13-11-18(17)14-23(27)24(28)20-10-12-26-22-9-8-19(15-21(20)22)29-30(5,6)25(2,3)4/h7-10,12,15,17-18,23-24,28H,1,11,13-14,16H2,2-6H3/t17?,18?,23-,24+/m1/s1. The van der Waals surface area contributed by atoms with Crippen LogP contribution < -0.4 is 4.43 Å². The molecule has 0 amide bonds. The van der Waals surface area contributed by atoms with Crippen LogP contribution >= 0.6 is 0 Å². The summed E-state index contributed by atoms with van der Waals surface area (Å²) in [5.41, 5.74) is 1.88. The van der Waals surface area contributed by atoms with Gasteiger partial charge in [-0.15, -0.1) is 6.58 Å². The predicted octanol–water partition coefficient (Wildman–Crippen LogP) is 5.55. The van der Waals surface area contributed by atoms with E-state index in [0.29, 0.717) is 11.8 Å². The molecule has 0 spiro atoms. The van der Waals surface area contributed by atoms with Gasteiger partial charge in [-0.25, -0.2) is 0 Å². The van der Waals surface area contributed by atoms with Crippen molar-refractivity contribution >= 4 is 19.2 Å². The second kappa shape index (κ2) is 7.77. The summed E-state index contributed by atoms with van der Waals surface area (Å²) in [5, 5.41) is 12.6. The number of fused-ring (bicyclic) bond motifs is 4. The first-order valence-corrected chi connectivity index (χ1v) is 14.1. The van der Waals surface area contributed by atoms with Gasteiger partial charge in [0.15, 0.2) is 0 Å². The van der Waals surface area contributed by atoms with E-state index in [2.05, 4.69) is 62.5 Å². The average molecular weight is 425 g/mol. The van der Waals surface area contributed by atoms with Gasteiger partial charge in [0, 0.05) is 24.2 Å². The van der Waals surface area contributed by atoms with Gasteiger partial charge >= 0.3 is 0 Å². The first kappa shape index (κ1) is 21.5. The molecule has 0 radical (unpaired) electrons. The Morgan fingerprint density at radius 1 is 1.30 bits per heavy atom. The lowest BCUT2D eigenvalue weighted by Gasteiger charge is -2.50. The first-order valence-electron chi connectivity index (χ1n) is 11.2. The van der Waals surface area contributed by atoms with Crippen molar-refractivity contribution in [2.75, 3.05) is 13.1 Å². The normalized spacial score (nSPS) is 27.8. The van der Waals surface area contributed by atoms with Crippen LogP contribution in [-0.2, 0) is 0 Å². The van der Waals surface area contributed by atoms with E-state index < -0.39 is 14.4 Å². The third kappa shape index (κ3) is 3.83. The Morgan fingerprint density at radius 3 is 2.70 bits per heavy atom. The topological polar surface area (TPSA) is 45.6 Å². The van der Waals surface area contributed by atoms with Crippen LogP contribution in [0.2, 0.25) is 18.1 Å². The quantitative estimate of drug-likeness (QED) is 0.505. The molecule has 4 heterocycles. The zero-order valence-electron chi connectivity index (χ0n) is 19.1. The van der Waals surface area contributed by atoms with E-state index >= 15 is 0 Å². The summed E-state index contributed by atoms with van der Waals surface area (Å²) in [6.45, 7) is 17.4. The molecule has 0 saturated carbocycles. The highest BCUT2D eigenvalue weighted by Gasteiger charge is 2.42. The van der Waals surface area contributed by atoms with Gasteiger partial charge in [0.1, 0.15) is 5.75 Å². The van der Waals surface area contributed by atoms with Crippen molar-refractivity contribution in [1.82, 2.24) is 9.88 Å². The molecule has 2 bridgehead atoms. The fourth-order valence-corrected chi connectivity index (χ4v) is 5.85. The zero-order valence-corrected chi connectivity index (χ0v) is 20.1. The maximum atomic E-state index is 11.4. The average Bonchev–Trinajstić information content (AvgIpc) is 2.71. The molecule has 3 aliphatic heterocycles. The molecule has 3 saturated heterocycles. The lowest BCUT2D eigenvalue weighted by atomic mass is 9.73. The number of aliphatic hydroxyl groups excluding tert-OH is 1. The SMILES string of the molecule is C=CC1CN2CCC1C[C@@H]2[C@@H](O)c1ccnc2ccc(O[Si](C)(C)C(C)(C)C)cc12. The largest absolute Gasteiger partial charge is 0.543 e. The summed E-state index contributed by atoms with van der Waals surface area (Å²) >= 11 is 0. The van der Waals surface area contributed by atoms with E-state index in [9.17, 15) is 5.11 Å². The number of hydrogen-bond donors (Lipinski definition) is 1. The molecule has 3 aliphatic rings. The molecule has 1 N–H and O–H groups in total. The van der Waals surface area contributed by atoms with Crippen LogP contribution in [0.1, 0.15) is 45.3 Å². The Kier molecular flexibility index (Phi) is 5.58. The molecular formula is C25H36N2O2Si. The zero-order chi connectivity index (χ0) is 21.7. The van der Waals surface area contributed by atoms with E-state index in [0.717, 1.165) is 41.7 Å². The maximum Gasteiger partial charge on any atom is 0.250 e. The molecule has 30 heavy (non-hydrogen) atoms. The highest BCUT2D eigenvalue weighted by atomic mass is 28.4. The highest BCUT2D eigenvalue weighted by molar-refractivity contribution is 6.74. The van der Waals surface area contributed by atoms with Crippen LogP contribution in [0.3, 0.4) is 0 Å². The van der Waals surface area contributed by atoms with Crippen LogP contribution in [0.25, 0.3) is 10.9 Å². The second-order valence-electron chi connectivity index (χ2n) is 10.6. The minimum atomic E-state index is -1.93. The van der Waals surface area contributed by atoms with Gasteiger partial charge < -0.3 is 9.53 Å². The molecule has 5 heteroatoms. The van der Waals surface area contributed by atoms with Crippen molar-refractivity contribution < 1.29 is 9.53 Å². The summed E-state index contributed by atoms with van der Waals surface area (Å²) < 4.78 is 6.54. The Labute approximate surface area is 182 Å². The number of aromatic nitrogens is 1. The molecule has 4 nitrogen and oxygen atoms in total. The van der Waals surface area contributed by atoms with Crippen molar-refractivity contribution in [1.29, 1.82) is 0 Å². The van der Waals surface area contributed by atoms with Crippen LogP contribution in [0, 0.1) is 11.8 Å². The Bertz CT molecular complexity index is 936. The maximum absolute atomic E-state index is 11.4. The van der Waals surface area contributed by atoms with Gasteiger partial charge in [-0.3, -0.25) is 9.88 Å². The first-order chi connectivity index (χ1) is 14.1. The van der Waals surface area contributed by atoms with E-state index in [-0.39, 0.29) is 11.1 Å². The van der Waals surface area contributed by atoms with Gasteiger partial charge in [-0.1, -0.05) is 26.8 Å². The Hall–Kier alpha value is -1.69. The molecule has 5 rings (SSSR count). The molecule has 2 aromatic rings. The smallest absolute Gasteiger partial charge is 0.250 e. The third-order valence-corrected chi connectivity index (χ3v) is 12.1. The third-order valence-electron chi connectivity index (χ3n) is 7.76. The Morgan fingerprint density at radius 2 is 2.07 bits per heavy atom. The molecule has 1 aromatic carbocycles. The van der Waals surface area contributed by atoms with E-state index in [4.69, 9.17) is 4.43 Å². The minimum absolute atomic E-state index is 0.134. The number of piperidine rings is 3. The van der Waals surface area contributed by atoms with Crippen LogP contribution in [0.4, 0.5) is 0 Å². The molecular weight excluding hydrogens is 388 g/mol. The van der Waals surface area contributed by atoms with Crippen molar-refractivity contribution in [3.63, 3.8) is 0 Å². The summed E-state index contributed by atoms with van der Waals surface area (Å²) in [7, 11) is -1.93. The van der Waals surface area contributed by atoms with E-state index in [1.165, 1.54) is 6.42 Å². The lowest BCUT2D eigenvalue weighted by Crippen LogP contribution is -2.54. The molecule has 1 aromatic heterocycles. The van der Waals surface area contributed by atoms with Gasteiger partial charge in [0.25, 0.3) is 0 Å². The van der Waals surface area contributed by atoms with Gasteiger partial charge in [0.2, 0.25) is 8.32 Å². The van der Waals surface area contributed by atoms with Gasteiger partial charge in [-0.05, 0) is 79.2 Å². The predicted molar refractivity (Wildman–Crippen MR) is 126 cm³/mol. The summed E-state index contributed by atoms with van der Waals surface area (Å²) in [4.78, 5) is 7.00. The lowest BCUT2D eigenvalue weighted by molar-refractivity contribution is -0.0444. The molecule has 162 valence electrons. The van der Waals surface area contributed by atoms with Crippen molar-refractivity contribution in [3.05, 3.63) is 48.7 Å². The number of rotatable bonds is 5.